The van der Waals surface area contributed by atoms with E-state index in [1.165, 1.54) is 17.3 Å². The molecule has 1 N–H and O–H groups in total. The van der Waals surface area contributed by atoms with Crippen LogP contribution in [0, 0.1) is 13.8 Å². The van der Waals surface area contributed by atoms with Crippen molar-refractivity contribution in [2.24, 2.45) is 0 Å². The topological polar surface area (TPSA) is 49.4 Å². The Balaban J connectivity index is 1.89. The molecule has 0 bridgehead atoms. The highest BCUT2D eigenvalue weighted by Gasteiger charge is 2.30. The highest BCUT2D eigenvalue weighted by atomic mass is 32.2. The first-order valence-corrected chi connectivity index (χ1v) is 12.3. The molecule has 0 radical (unpaired) electrons. The number of rotatable bonds is 10. The van der Waals surface area contributed by atoms with Crippen molar-refractivity contribution in [1.82, 2.24) is 10.2 Å². The molecular weight excluding hydrogens is 428 g/mol. The van der Waals surface area contributed by atoms with E-state index < -0.39 is 6.04 Å². The highest BCUT2D eigenvalue weighted by molar-refractivity contribution is 8.00. The lowest BCUT2D eigenvalue weighted by atomic mass is 10.0. The third kappa shape index (κ3) is 7.22. The van der Waals surface area contributed by atoms with E-state index in [4.69, 9.17) is 0 Å². The second-order valence-electron chi connectivity index (χ2n) is 8.15. The summed E-state index contributed by atoms with van der Waals surface area (Å²) in [7, 11) is 0. The van der Waals surface area contributed by atoms with Crippen molar-refractivity contribution in [3.63, 3.8) is 0 Å². The zero-order valence-corrected chi connectivity index (χ0v) is 20.4. The molecular formula is C28H32N2O2S. The maximum absolute atomic E-state index is 13.6. The highest BCUT2D eigenvalue weighted by Crippen LogP contribution is 2.22. The van der Waals surface area contributed by atoms with Crippen molar-refractivity contribution < 1.29 is 9.59 Å². The third-order valence-electron chi connectivity index (χ3n) is 5.61. The van der Waals surface area contributed by atoms with Gasteiger partial charge in [-0.05, 0) is 49.6 Å². The van der Waals surface area contributed by atoms with Gasteiger partial charge in [-0.3, -0.25) is 9.59 Å². The minimum atomic E-state index is -0.585. The van der Waals surface area contributed by atoms with Crippen LogP contribution in [0.5, 0.6) is 0 Å². The van der Waals surface area contributed by atoms with E-state index in [1.807, 2.05) is 99.6 Å². The minimum Gasteiger partial charge on any atom is -0.355 e. The van der Waals surface area contributed by atoms with Gasteiger partial charge >= 0.3 is 0 Å². The van der Waals surface area contributed by atoms with Crippen LogP contribution in [-0.2, 0) is 22.6 Å². The second kappa shape index (κ2) is 12.3. The van der Waals surface area contributed by atoms with Gasteiger partial charge in [0.15, 0.2) is 0 Å². The van der Waals surface area contributed by atoms with Crippen molar-refractivity contribution in [2.75, 3.05) is 12.3 Å². The lowest BCUT2D eigenvalue weighted by molar-refractivity contribution is -0.139. The number of benzene rings is 3. The van der Waals surface area contributed by atoms with Gasteiger partial charge in [0.1, 0.15) is 6.04 Å². The fraction of sp³-hybridized carbons (Fsp3) is 0.286. The van der Waals surface area contributed by atoms with Crippen LogP contribution in [0.25, 0.3) is 0 Å². The summed E-state index contributed by atoms with van der Waals surface area (Å²) in [5.74, 6) is 0.110. The first-order valence-electron chi connectivity index (χ1n) is 11.3. The molecule has 3 aromatic rings. The van der Waals surface area contributed by atoms with Crippen LogP contribution in [0.4, 0.5) is 0 Å². The van der Waals surface area contributed by atoms with Crippen molar-refractivity contribution in [1.29, 1.82) is 0 Å². The molecule has 0 aliphatic carbocycles. The standard InChI is InChI=1S/C28H32N2O2S/c1-4-29-28(32)26(18-23-11-6-5-7-12-23)30(19-24-13-9-8-10-22(24)3)27(31)20-33-25-16-14-21(2)15-17-25/h5-17,26H,4,18-20H2,1-3H3,(H,29,32)/t26-/m0/s1. The summed E-state index contributed by atoms with van der Waals surface area (Å²) < 4.78 is 0. The Kier molecular flexibility index (Phi) is 9.14. The molecule has 2 amide bonds. The molecule has 5 heteroatoms. The molecule has 0 fully saturated rings. The minimum absolute atomic E-state index is 0.0454. The fourth-order valence-electron chi connectivity index (χ4n) is 3.68. The van der Waals surface area contributed by atoms with Crippen LogP contribution in [-0.4, -0.2) is 35.1 Å². The van der Waals surface area contributed by atoms with Gasteiger partial charge in [-0.1, -0.05) is 72.3 Å². The van der Waals surface area contributed by atoms with E-state index in [0.29, 0.717) is 19.5 Å². The Hall–Kier alpha value is -3.05. The first kappa shape index (κ1) is 24.6. The number of likely N-dealkylation sites (N-methyl/N-ethyl adjacent to an activating group) is 1. The van der Waals surface area contributed by atoms with Gasteiger partial charge in [0.25, 0.3) is 0 Å². The molecule has 0 heterocycles. The maximum Gasteiger partial charge on any atom is 0.243 e. The monoisotopic (exact) mass is 460 g/mol. The van der Waals surface area contributed by atoms with Crippen molar-refractivity contribution in [3.05, 3.63) is 101 Å². The van der Waals surface area contributed by atoms with Gasteiger partial charge in [0.05, 0.1) is 5.75 Å². The average Bonchev–Trinajstić information content (AvgIpc) is 2.82. The maximum atomic E-state index is 13.6. The average molecular weight is 461 g/mol. The number of amides is 2. The van der Waals surface area contributed by atoms with Crippen molar-refractivity contribution in [3.8, 4) is 0 Å². The molecule has 1 atom stereocenters. The molecule has 0 aliphatic rings. The molecule has 0 aliphatic heterocycles. The predicted molar refractivity (Wildman–Crippen MR) is 136 cm³/mol. The smallest absolute Gasteiger partial charge is 0.243 e. The van der Waals surface area contributed by atoms with Crippen LogP contribution >= 0.6 is 11.8 Å². The van der Waals surface area contributed by atoms with Crippen LogP contribution in [0.15, 0.2) is 83.8 Å². The lowest BCUT2D eigenvalue weighted by Crippen LogP contribution is -2.51. The van der Waals surface area contributed by atoms with Crippen LogP contribution < -0.4 is 5.32 Å². The summed E-state index contributed by atoms with van der Waals surface area (Å²) in [6.45, 7) is 6.91. The van der Waals surface area contributed by atoms with Gasteiger partial charge in [-0.25, -0.2) is 0 Å². The zero-order chi connectivity index (χ0) is 23.6. The van der Waals surface area contributed by atoms with Crippen molar-refractivity contribution in [2.45, 2.75) is 44.7 Å². The van der Waals surface area contributed by atoms with Gasteiger partial charge in [0.2, 0.25) is 11.8 Å². The van der Waals surface area contributed by atoms with Gasteiger partial charge < -0.3 is 10.2 Å². The molecule has 0 saturated heterocycles. The number of carbonyl (C=O) groups excluding carboxylic acids is 2. The van der Waals surface area contributed by atoms with Crippen LogP contribution in [0.1, 0.15) is 29.2 Å². The molecule has 3 rings (SSSR count). The molecule has 3 aromatic carbocycles. The van der Waals surface area contributed by atoms with E-state index in [0.717, 1.165) is 21.6 Å². The van der Waals surface area contributed by atoms with E-state index in [2.05, 4.69) is 5.32 Å². The Labute approximate surface area is 201 Å². The summed E-state index contributed by atoms with van der Waals surface area (Å²) in [5.41, 5.74) is 4.37. The third-order valence-corrected chi connectivity index (χ3v) is 6.60. The van der Waals surface area contributed by atoms with Crippen LogP contribution in [0.3, 0.4) is 0 Å². The first-order chi connectivity index (χ1) is 16.0. The second-order valence-corrected chi connectivity index (χ2v) is 9.20. The molecule has 0 aromatic heterocycles. The number of carbonyl (C=O) groups is 2. The summed E-state index contributed by atoms with van der Waals surface area (Å²) in [5, 5.41) is 2.94. The number of nitrogens with one attached hydrogen (secondary N) is 1. The van der Waals surface area contributed by atoms with E-state index in [9.17, 15) is 9.59 Å². The SMILES string of the molecule is CCNC(=O)[C@H](Cc1ccccc1)N(Cc1ccccc1C)C(=O)CSc1ccc(C)cc1. The normalized spacial score (nSPS) is 11.6. The Bertz CT molecular complexity index is 1050. The summed E-state index contributed by atoms with van der Waals surface area (Å²) >= 11 is 1.51. The quantitative estimate of drug-likeness (QED) is 0.425. The molecule has 0 saturated carbocycles. The number of hydrogen-bond donors (Lipinski definition) is 1. The van der Waals surface area contributed by atoms with Crippen LogP contribution in [0.2, 0.25) is 0 Å². The van der Waals surface area contributed by atoms with Gasteiger partial charge in [-0.2, -0.15) is 0 Å². The number of hydrogen-bond acceptors (Lipinski definition) is 3. The number of thioether (sulfide) groups is 1. The molecule has 4 nitrogen and oxygen atoms in total. The van der Waals surface area contributed by atoms with Gasteiger partial charge in [0, 0.05) is 24.4 Å². The van der Waals surface area contributed by atoms with E-state index >= 15 is 0 Å². The number of nitrogens with zero attached hydrogens (tertiary/aromatic N) is 1. The molecule has 0 unspecified atom stereocenters. The molecule has 0 spiro atoms. The largest absolute Gasteiger partial charge is 0.355 e. The Morgan fingerprint density at radius 3 is 2.24 bits per heavy atom. The number of aryl methyl sites for hydroxylation is 2. The van der Waals surface area contributed by atoms with Crippen molar-refractivity contribution >= 4 is 23.6 Å². The van der Waals surface area contributed by atoms with E-state index in [-0.39, 0.29) is 17.6 Å². The zero-order valence-electron chi connectivity index (χ0n) is 19.6. The summed E-state index contributed by atoms with van der Waals surface area (Å²) in [6.07, 6.45) is 0.472. The fourth-order valence-corrected chi connectivity index (χ4v) is 4.46. The molecule has 172 valence electrons. The summed E-state index contributed by atoms with van der Waals surface area (Å²) in [6, 6.07) is 25.5. The predicted octanol–water partition coefficient (Wildman–Crippen LogP) is 5.17. The Morgan fingerprint density at radius 2 is 1.58 bits per heavy atom. The lowest BCUT2D eigenvalue weighted by Gasteiger charge is -2.32. The Morgan fingerprint density at radius 1 is 0.909 bits per heavy atom. The summed E-state index contributed by atoms with van der Waals surface area (Å²) in [4.78, 5) is 29.5. The van der Waals surface area contributed by atoms with Gasteiger partial charge in [-0.15, -0.1) is 11.8 Å². The molecule has 33 heavy (non-hydrogen) atoms. The van der Waals surface area contributed by atoms with E-state index in [1.54, 1.807) is 4.90 Å².